The number of carbonyl (C=O) groups excluding carboxylic acids is 1. The maximum atomic E-state index is 12.1. The number of hydrogen-bond donors (Lipinski definition) is 2. The van der Waals surface area contributed by atoms with Crippen molar-refractivity contribution in [3.63, 3.8) is 0 Å². The Labute approximate surface area is 122 Å². The summed E-state index contributed by atoms with van der Waals surface area (Å²) in [7, 11) is 0. The molecule has 108 valence electrons. The first kappa shape index (κ1) is 14.9. The minimum atomic E-state index is -0.236. The predicted molar refractivity (Wildman–Crippen MR) is 79.2 cm³/mol. The Morgan fingerprint density at radius 3 is 2.95 bits per heavy atom. The van der Waals surface area contributed by atoms with E-state index in [1.54, 1.807) is 18.2 Å². The summed E-state index contributed by atoms with van der Waals surface area (Å²) < 4.78 is 5.59. The van der Waals surface area contributed by atoms with E-state index >= 15 is 0 Å². The van der Waals surface area contributed by atoms with E-state index in [-0.39, 0.29) is 18.4 Å². The van der Waals surface area contributed by atoms with Crippen molar-refractivity contribution in [3.05, 3.63) is 34.5 Å². The van der Waals surface area contributed by atoms with Gasteiger partial charge in [0, 0.05) is 29.1 Å². The molecule has 0 aliphatic rings. The lowest BCUT2D eigenvalue weighted by atomic mass is 10.1. The first-order valence-corrected chi connectivity index (χ1v) is 6.98. The Kier molecular flexibility index (Phi) is 4.68. The van der Waals surface area contributed by atoms with Crippen LogP contribution in [0.2, 0.25) is 5.02 Å². The summed E-state index contributed by atoms with van der Waals surface area (Å²) in [6.07, 6.45) is 0.662. The highest BCUT2D eigenvalue weighted by atomic mass is 35.5. The standard InChI is InChI=1S/C15H18ClNO3/c1-9(5-6-18)8-17-15(19)14-10(2)12-7-11(16)3-4-13(12)20-14/h3-4,7,9,18H,5-6,8H2,1-2H3,(H,17,19). The van der Waals surface area contributed by atoms with Crippen molar-refractivity contribution in [2.24, 2.45) is 5.92 Å². The van der Waals surface area contributed by atoms with Gasteiger partial charge in [-0.05, 0) is 37.5 Å². The average Bonchev–Trinajstić information content (AvgIpc) is 2.74. The van der Waals surface area contributed by atoms with Gasteiger partial charge in [0.05, 0.1) is 0 Å². The highest BCUT2D eigenvalue weighted by Crippen LogP contribution is 2.27. The zero-order chi connectivity index (χ0) is 14.7. The second-order valence-electron chi connectivity index (χ2n) is 5.02. The molecule has 0 radical (unpaired) electrons. The van der Waals surface area contributed by atoms with Crippen LogP contribution in [-0.4, -0.2) is 24.2 Å². The lowest BCUT2D eigenvalue weighted by Gasteiger charge is -2.10. The molecule has 2 rings (SSSR count). The Bertz CT molecular complexity index is 621. The van der Waals surface area contributed by atoms with Crippen molar-refractivity contribution in [2.75, 3.05) is 13.2 Å². The Balaban J connectivity index is 2.16. The van der Waals surface area contributed by atoms with Crippen molar-refractivity contribution in [2.45, 2.75) is 20.3 Å². The molecule has 0 fully saturated rings. The Hall–Kier alpha value is -1.52. The number of carbonyl (C=O) groups is 1. The van der Waals surface area contributed by atoms with Crippen molar-refractivity contribution < 1.29 is 14.3 Å². The van der Waals surface area contributed by atoms with Gasteiger partial charge in [0.1, 0.15) is 5.58 Å². The van der Waals surface area contributed by atoms with Crippen molar-refractivity contribution in [1.29, 1.82) is 0 Å². The SMILES string of the molecule is Cc1c(C(=O)NCC(C)CCO)oc2ccc(Cl)cc12. The predicted octanol–water partition coefficient (Wildman–Crippen LogP) is 3.14. The average molecular weight is 296 g/mol. The quantitative estimate of drug-likeness (QED) is 0.891. The molecule has 1 heterocycles. The van der Waals surface area contributed by atoms with Crippen LogP contribution >= 0.6 is 11.6 Å². The van der Waals surface area contributed by atoms with Gasteiger partial charge in [-0.1, -0.05) is 18.5 Å². The maximum absolute atomic E-state index is 12.1. The fraction of sp³-hybridized carbons (Fsp3) is 0.400. The molecule has 0 aliphatic heterocycles. The van der Waals surface area contributed by atoms with Gasteiger partial charge < -0.3 is 14.8 Å². The van der Waals surface area contributed by atoms with E-state index in [0.717, 1.165) is 10.9 Å². The minimum Gasteiger partial charge on any atom is -0.451 e. The van der Waals surface area contributed by atoms with Gasteiger partial charge in [0.15, 0.2) is 5.76 Å². The normalized spacial score (nSPS) is 12.6. The van der Waals surface area contributed by atoms with Gasteiger partial charge >= 0.3 is 0 Å². The van der Waals surface area contributed by atoms with Crippen molar-refractivity contribution in [1.82, 2.24) is 5.32 Å². The molecule has 1 amide bonds. The van der Waals surface area contributed by atoms with Crippen molar-refractivity contribution in [3.8, 4) is 0 Å². The fourth-order valence-corrected chi connectivity index (χ4v) is 2.25. The number of halogens is 1. The molecule has 0 saturated carbocycles. The van der Waals surface area contributed by atoms with Crippen LogP contribution < -0.4 is 5.32 Å². The van der Waals surface area contributed by atoms with Gasteiger partial charge in [-0.2, -0.15) is 0 Å². The van der Waals surface area contributed by atoms with E-state index in [1.807, 2.05) is 13.8 Å². The summed E-state index contributed by atoms with van der Waals surface area (Å²) in [5.41, 5.74) is 1.44. The minimum absolute atomic E-state index is 0.124. The molecular weight excluding hydrogens is 278 g/mol. The summed E-state index contributed by atoms with van der Waals surface area (Å²) in [5, 5.41) is 13.1. The largest absolute Gasteiger partial charge is 0.451 e. The van der Waals surface area contributed by atoms with Crippen LogP contribution in [0.15, 0.2) is 22.6 Å². The smallest absolute Gasteiger partial charge is 0.287 e. The number of aliphatic hydroxyl groups is 1. The Morgan fingerprint density at radius 2 is 2.25 bits per heavy atom. The first-order valence-electron chi connectivity index (χ1n) is 6.60. The molecule has 5 heteroatoms. The number of hydrogen-bond acceptors (Lipinski definition) is 3. The van der Waals surface area contributed by atoms with Crippen molar-refractivity contribution >= 4 is 28.5 Å². The monoisotopic (exact) mass is 295 g/mol. The van der Waals surface area contributed by atoms with Crippen LogP contribution in [0, 0.1) is 12.8 Å². The molecule has 2 N–H and O–H groups in total. The number of nitrogens with one attached hydrogen (secondary N) is 1. The second-order valence-corrected chi connectivity index (χ2v) is 5.46. The number of benzene rings is 1. The third kappa shape index (κ3) is 3.14. The second kappa shape index (κ2) is 6.29. The number of aryl methyl sites for hydroxylation is 1. The zero-order valence-corrected chi connectivity index (χ0v) is 12.3. The van der Waals surface area contributed by atoms with Crippen LogP contribution in [0.4, 0.5) is 0 Å². The highest BCUT2D eigenvalue weighted by Gasteiger charge is 2.18. The number of fused-ring (bicyclic) bond motifs is 1. The topological polar surface area (TPSA) is 62.5 Å². The first-order chi connectivity index (χ1) is 9.52. The van der Waals surface area contributed by atoms with E-state index in [4.69, 9.17) is 21.1 Å². The summed E-state index contributed by atoms with van der Waals surface area (Å²) in [6, 6.07) is 5.29. The number of rotatable bonds is 5. The van der Waals surface area contributed by atoms with E-state index in [2.05, 4.69) is 5.32 Å². The molecule has 1 unspecified atom stereocenters. The van der Waals surface area contributed by atoms with Gasteiger partial charge in [-0.3, -0.25) is 4.79 Å². The summed E-state index contributed by atoms with van der Waals surface area (Å²) in [4.78, 5) is 12.1. The lowest BCUT2D eigenvalue weighted by Crippen LogP contribution is -2.28. The molecule has 0 aliphatic carbocycles. The molecule has 0 bridgehead atoms. The molecule has 1 aromatic heterocycles. The van der Waals surface area contributed by atoms with Gasteiger partial charge in [0.2, 0.25) is 0 Å². The molecule has 1 aromatic carbocycles. The maximum Gasteiger partial charge on any atom is 0.287 e. The third-order valence-corrected chi connectivity index (χ3v) is 3.57. The lowest BCUT2D eigenvalue weighted by molar-refractivity contribution is 0.0919. The summed E-state index contributed by atoms with van der Waals surface area (Å²) >= 11 is 5.95. The van der Waals surface area contributed by atoms with E-state index in [0.29, 0.717) is 29.3 Å². The molecule has 0 spiro atoms. The van der Waals surface area contributed by atoms with Crippen LogP contribution in [0.5, 0.6) is 0 Å². The third-order valence-electron chi connectivity index (χ3n) is 3.34. The molecule has 2 aromatic rings. The Morgan fingerprint density at radius 1 is 1.50 bits per heavy atom. The summed E-state index contributed by atoms with van der Waals surface area (Å²) in [5.74, 6) is 0.307. The molecular formula is C15H18ClNO3. The molecule has 4 nitrogen and oxygen atoms in total. The highest BCUT2D eigenvalue weighted by molar-refractivity contribution is 6.31. The number of amides is 1. The van der Waals surface area contributed by atoms with Crippen LogP contribution in [0.3, 0.4) is 0 Å². The van der Waals surface area contributed by atoms with Crippen LogP contribution in [0.25, 0.3) is 11.0 Å². The van der Waals surface area contributed by atoms with E-state index < -0.39 is 0 Å². The number of aliphatic hydroxyl groups excluding tert-OH is 1. The summed E-state index contributed by atoms with van der Waals surface area (Å²) in [6.45, 7) is 4.45. The van der Waals surface area contributed by atoms with E-state index in [1.165, 1.54) is 0 Å². The fourth-order valence-electron chi connectivity index (χ4n) is 2.08. The van der Waals surface area contributed by atoms with Crippen LogP contribution in [-0.2, 0) is 0 Å². The molecule has 20 heavy (non-hydrogen) atoms. The van der Waals surface area contributed by atoms with Gasteiger partial charge in [-0.15, -0.1) is 0 Å². The van der Waals surface area contributed by atoms with E-state index in [9.17, 15) is 4.79 Å². The number of furan rings is 1. The van der Waals surface area contributed by atoms with Gasteiger partial charge in [0.25, 0.3) is 5.91 Å². The molecule has 1 atom stereocenters. The van der Waals surface area contributed by atoms with Crippen LogP contribution in [0.1, 0.15) is 29.5 Å². The van der Waals surface area contributed by atoms with Gasteiger partial charge in [-0.25, -0.2) is 0 Å². The zero-order valence-electron chi connectivity index (χ0n) is 11.6. The molecule has 0 saturated heterocycles.